The molecule has 0 saturated heterocycles. The molecule has 1 aromatic carbocycles. The van der Waals surface area contributed by atoms with Crippen LogP contribution >= 0.6 is 0 Å². The highest BCUT2D eigenvalue weighted by Crippen LogP contribution is 2.29. The molecule has 1 saturated carbocycles. The van der Waals surface area contributed by atoms with Crippen LogP contribution in [0.4, 0.5) is 0 Å². The average molecular weight is 276 g/mol. The molecule has 0 heterocycles. The predicted molar refractivity (Wildman–Crippen MR) is 78.9 cm³/mol. The van der Waals surface area contributed by atoms with E-state index in [1.165, 1.54) is 12.8 Å². The van der Waals surface area contributed by atoms with Gasteiger partial charge in [-0.05, 0) is 30.2 Å². The predicted octanol–water partition coefficient (Wildman–Crippen LogP) is 1.60. The molecule has 1 aliphatic carbocycles. The number of carbonyl (C=O) groups is 1. The summed E-state index contributed by atoms with van der Waals surface area (Å²) in [5.41, 5.74) is 6.79. The summed E-state index contributed by atoms with van der Waals surface area (Å²) in [6.45, 7) is 0.829. The van der Waals surface area contributed by atoms with Gasteiger partial charge in [-0.1, -0.05) is 43.2 Å². The summed E-state index contributed by atoms with van der Waals surface area (Å²) in [6, 6.07) is 8.77. The summed E-state index contributed by atoms with van der Waals surface area (Å²) in [7, 11) is 0. The molecule has 1 aliphatic rings. The van der Waals surface area contributed by atoms with E-state index in [9.17, 15) is 9.90 Å². The van der Waals surface area contributed by atoms with E-state index in [1.54, 1.807) is 0 Å². The Labute approximate surface area is 120 Å². The highest BCUT2D eigenvalue weighted by atomic mass is 16.3. The zero-order valence-electron chi connectivity index (χ0n) is 11.8. The van der Waals surface area contributed by atoms with Crippen molar-refractivity contribution < 1.29 is 9.90 Å². The first-order chi connectivity index (χ1) is 9.72. The van der Waals surface area contributed by atoms with E-state index in [0.717, 1.165) is 18.4 Å². The molecule has 0 aromatic heterocycles. The number of nitrogens with two attached hydrogens (primary N) is 1. The van der Waals surface area contributed by atoms with Crippen LogP contribution in [-0.4, -0.2) is 24.2 Å². The maximum atomic E-state index is 12.1. The van der Waals surface area contributed by atoms with E-state index >= 15 is 0 Å². The van der Waals surface area contributed by atoms with Crippen LogP contribution in [0, 0.1) is 11.8 Å². The fraction of sp³-hybridized carbons (Fsp3) is 0.562. The molecule has 0 bridgehead atoms. The van der Waals surface area contributed by atoms with Crippen molar-refractivity contribution in [2.24, 2.45) is 17.6 Å². The number of amides is 1. The molecule has 0 aliphatic heterocycles. The Morgan fingerprint density at radius 1 is 1.25 bits per heavy atom. The Bertz CT molecular complexity index is 422. The SMILES string of the molecule is N[C@@H](C(=O)NCC1CCCCC1CO)c1ccccc1. The molecule has 2 rings (SSSR count). The molecular weight excluding hydrogens is 252 g/mol. The summed E-state index contributed by atoms with van der Waals surface area (Å²) in [5.74, 6) is 0.552. The van der Waals surface area contributed by atoms with Crippen molar-refractivity contribution in [1.82, 2.24) is 5.32 Å². The highest BCUT2D eigenvalue weighted by molar-refractivity contribution is 5.82. The van der Waals surface area contributed by atoms with Crippen molar-refractivity contribution in [1.29, 1.82) is 0 Å². The minimum Gasteiger partial charge on any atom is -0.396 e. The lowest BCUT2D eigenvalue weighted by Crippen LogP contribution is -2.39. The lowest BCUT2D eigenvalue weighted by atomic mass is 9.79. The number of rotatable bonds is 5. The topological polar surface area (TPSA) is 75.4 Å². The molecule has 20 heavy (non-hydrogen) atoms. The van der Waals surface area contributed by atoms with Gasteiger partial charge in [0.15, 0.2) is 0 Å². The number of aliphatic hydroxyl groups is 1. The zero-order valence-corrected chi connectivity index (χ0v) is 11.8. The maximum Gasteiger partial charge on any atom is 0.241 e. The van der Waals surface area contributed by atoms with Crippen molar-refractivity contribution >= 4 is 5.91 Å². The minimum absolute atomic E-state index is 0.140. The molecule has 0 spiro atoms. The Balaban J connectivity index is 1.85. The number of carbonyl (C=O) groups excluding carboxylic acids is 1. The van der Waals surface area contributed by atoms with E-state index in [4.69, 9.17) is 5.73 Å². The Kier molecular flexibility index (Phi) is 5.56. The van der Waals surface area contributed by atoms with Crippen LogP contribution in [0.5, 0.6) is 0 Å². The van der Waals surface area contributed by atoms with Crippen LogP contribution in [0.25, 0.3) is 0 Å². The van der Waals surface area contributed by atoms with Gasteiger partial charge < -0.3 is 16.2 Å². The second-order valence-corrected chi connectivity index (χ2v) is 5.62. The maximum absolute atomic E-state index is 12.1. The van der Waals surface area contributed by atoms with Gasteiger partial charge in [0.25, 0.3) is 0 Å². The Hall–Kier alpha value is -1.39. The average Bonchev–Trinajstić information content (AvgIpc) is 2.53. The second kappa shape index (κ2) is 7.41. The summed E-state index contributed by atoms with van der Waals surface area (Å²) in [6.07, 6.45) is 4.49. The summed E-state index contributed by atoms with van der Waals surface area (Å²) >= 11 is 0. The normalized spacial score (nSPS) is 24.1. The fourth-order valence-corrected chi connectivity index (χ4v) is 2.95. The highest BCUT2D eigenvalue weighted by Gasteiger charge is 2.25. The largest absolute Gasteiger partial charge is 0.396 e. The lowest BCUT2D eigenvalue weighted by molar-refractivity contribution is -0.122. The zero-order chi connectivity index (χ0) is 14.4. The van der Waals surface area contributed by atoms with Gasteiger partial charge >= 0.3 is 0 Å². The van der Waals surface area contributed by atoms with Gasteiger partial charge in [0.05, 0.1) is 0 Å². The van der Waals surface area contributed by atoms with E-state index < -0.39 is 6.04 Å². The smallest absolute Gasteiger partial charge is 0.241 e. The van der Waals surface area contributed by atoms with Crippen molar-refractivity contribution in [3.63, 3.8) is 0 Å². The van der Waals surface area contributed by atoms with Gasteiger partial charge in [-0.2, -0.15) is 0 Å². The third-order valence-electron chi connectivity index (χ3n) is 4.28. The number of nitrogens with one attached hydrogen (secondary N) is 1. The molecule has 3 atom stereocenters. The number of benzene rings is 1. The second-order valence-electron chi connectivity index (χ2n) is 5.62. The molecule has 110 valence electrons. The molecule has 1 amide bonds. The van der Waals surface area contributed by atoms with E-state index in [0.29, 0.717) is 18.4 Å². The van der Waals surface area contributed by atoms with Crippen molar-refractivity contribution in [2.75, 3.05) is 13.2 Å². The Morgan fingerprint density at radius 2 is 1.90 bits per heavy atom. The number of hydrogen-bond donors (Lipinski definition) is 3. The van der Waals surface area contributed by atoms with Gasteiger partial charge in [-0.3, -0.25) is 4.79 Å². The van der Waals surface area contributed by atoms with Crippen LogP contribution in [0.2, 0.25) is 0 Å². The van der Waals surface area contributed by atoms with Gasteiger partial charge in [0.1, 0.15) is 6.04 Å². The van der Waals surface area contributed by atoms with Crippen LogP contribution in [0.3, 0.4) is 0 Å². The summed E-state index contributed by atoms with van der Waals surface area (Å²) in [4.78, 5) is 12.1. The fourth-order valence-electron chi connectivity index (χ4n) is 2.95. The third kappa shape index (κ3) is 3.81. The molecule has 2 unspecified atom stereocenters. The third-order valence-corrected chi connectivity index (χ3v) is 4.28. The minimum atomic E-state index is -0.618. The standard InChI is InChI=1S/C16H24N2O2/c17-15(12-6-2-1-3-7-12)16(20)18-10-13-8-4-5-9-14(13)11-19/h1-3,6-7,13-15,19H,4-5,8-11,17H2,(H,18,20)/t13?,14?,15-/m1/s1. The lowest BCUT2D eigenvalue weighted by Gasteiger charge is -2.30. The molecule has 4 nitrogen and oxygen atoms in total. The van der Waals surface area contributed by atoms with E-state index in [-0.39, 0.29) is 12.5 Å². The molecule has 0 radical (unpaired) electrons. The van der Waals surface area contributed by atoms with Crippen LogP contribution < -0.4 is 11.1 Å². The van der Waals surface area contributed by atoms with Gasteiger partial charge in [-0.25, -0.2) is 0 Å². The van der Waals surface area contributed by atoms with Gasteiger partial charge in [0, 0.05) is 13.2 Å². The molecule has 4 heteroatoms. The van der Waals surface area contributed by atoms with Crippen LogP contribution in [0.1, 0.15) is 37.3 Å². The first-order valence-electron chi connectivity index (χ1n) is 7.41. The quantitative estimate of drug-likeness (QED) is 0.764. The molecular formula is C16H24N2O2. The van der Waals surface area contributed by atoms with Crippen LogP contribution in [-0.2, 0) is 4.79 Å². The van der Waals surface area contributed by atoms with Crippen molar-refractivity contribution in [2.45, 2.75) is 31.7 Å². The van der Waals surface area contributed by atoms with Crippen molar-refractivity contribution in [3.05, 3.63) is 35.9 Å². The van der Waals surface area contributed by atoms with Crippen molar-refractivity contribution in [3.8, 4) is 0 Å². The number of aliphatic hydroxyl groups excluding tert-OH is 1. The van der Waals surface area contributed by atoms with E-state index in [2.05, 4.69) is 5.32 Å². The summed E-state index contributed by atoms with van der Waals surface area (Å²) < 4.78 is 0. The molecule has 1 fully saturated rings. The monoisotopic (exact) mass is 276 g/mol. The first-order valence-corrected chi connectivity index (χ1v) is 7.41. The van der Waals surface area contributed by atoms with Crippen LogP contribution in [0.15, 0.2) is 30.3 Å². The van der Waals surface area contributed by atoms with E-state index in [1.807, 2.05) is 30.3 Å². The summed E-state index contributed by atoms with van der Waals surface area (Å²) in [5, 5.41) is 12.3. The van der Waals surface area contributed by atoms with Gasteiger partial charge in [-0.15, -0.1) is 0 Å². The molecule has 4 N–H and O–H groups in total. The number of hydrogen-bond acceptors (Lipinski definition) is 3. The molecule has 1 aromatic rings. The van der Waals surface area contributed by atoms with Gasteiger partial charge in [0.2, 0.25) is 5.91 Å². The first kappa shape index (κ1) is 15.0. The Morgan fingerprint density at radius 3 is 2.55 bits per heavy atom.